The van der Waals surface area contributed by atoms with Crippen LogP contribution in [0.25, 0.3) is 23.0 Å². The number of hydrazone groups is 1. The molecule has 0 atom stereocenters. The average Bonchev–Trinajstić information content (AvgIpc) is 3.56. The van der Waals surface area contributed by atoms with Crippen molar-refractivity contribution < 1.29 is 9.53 Å². The third kappa shape index (κ3) is 4.76. The number of methoxy groups -OCH3 is 1. The van der Waals surface area contributed by atoms with Crippen LogP contribution >= 0.6 is 0 Å². The smallest absolute Gasteiger partial charge is 0.281 e. The molecule has 0 spiro atoms. The minimum atomic E-state index is -0.200. The molecule has 1 aliphatic rings. The van der Waals surface area contributed by atoms with Gasteiger partial charge < -0.3 is 4.74 Å². The number of amides is 1. The lowest BCUT2D eigenvalue weighted by molar-refractivity contribution is -0.114. The van der Waals surface area contributed by atoms with Crippen molar-refractivity contribution in [3.63, 3.8) is 0 Å². The standard InChI is InChI=1S/C33H26N4O2/c1-23-13-15-24(16-14-23)31-26(22-36(34-31)27-9-5-3-6-10-27)21-30-32(25-17-19-29(39-2)20-18-25)35-37(33(30)38)28-11-7-4-8-12-28/h3-22H,1-2H3/b30-21-. The SMILES string of the molecule is COc1ccc(C2=NN(c3ccccc3)C(=O)/C2=C\c2cn(-c3ccccc3)nc2-c2ccc(C)cc2)cc1. The lowest BCUT2D eigenvalue weighted by atomic mass is 9.99. The van der Waals surface area contributed by atoms with E-state index < -0.39 is 0 Å². The number of hydrogen-bond acceptors (Lipinski definition) is 4. The van der Waals surface area contributed by atoms with E-state index in [0.717, 1.165) is 33.8 Å². The fraction of sp³-hybridized carbons (Fsp3) is 0.0606. The number of carbonyl (C=O) groups excluding carboxylic acids is 1. The summed E-state index contributed by atoms with van der Waals surface area (Å²) in [6.45, 7) is 2.06. The summed E-state index contributed by atoms with van der Waals surface area (Å²) in [6, 6.07) is 35.2. The predicted octanol–water partition coefficient (Wildman–Crippen LogP) is 6.69. The van der Waals surface area contributed by atoms with Gasteiger partial charge in [0.05, 0.1) is 29.8 Å². The molecule has 6 heteroatoms. The average molecular weight is 511 g/mol. The van der Waals surface area contributed by atoms with E-state index in [0.29, 0.717) is 17.0 Å². The highest BCUT2D eigenvalue weighted by Crippen LogP contribution is 2.31. The molecule has 4 aromatic carbocycles. The number of benzene rings is 4. The summed E-state index contributed by atoms with van der Waals surface area (Å²) >= 11 is 0. The maximum Gasteiger partial charge on any atom is 0.281 e. The Kier molecular flexibility index (Phi) is 6.35. The molecule has 39 heavy (non-hydrogen) atoms. The van der Waals surface area contributed by atoms with Gasteiger partial charge in [-0.2, -0.15) is 15.2 Å². The third-order valence-corrected chi connectivity index (χ3v) is 6.63. The lowest BCUT2D eigenvalue weighted by Crippen LogP contribution is -2.21. The summed E-state index contributed by atoms with van der Waals surface area (Å²) < 4.78 is 7.19. The van der Waals surface area contributed by atoms with E-state index in [4.69, 9.17) is 14.9 Å². The van der Waals surface area contributed by atoms with Crippen molar-refractivity contribution in [3.8, 4) is 22.7 Å². The number of nitrogens with zero attached hydrogens (tertiary/aromatic N) is 4. The number of carbonyl (C=O) groups is 1. The summed E-state index contributed by atoms with van der Waals surface area (Å²) in [5.41, 5.74) is 7.28. The van der Waals surface area contributed by atoms with Crippen LogP contribution in [-0.4, -0.2) is 28.5 Å². The lowest BCUT2D eigenvalue weighted by Gasteiger charge is -2.10. The van der Waals surface area contributed by atoms with Crippen molar-refractivity contribution >= 4 is 23.4 Å². The van der Waals surface area contributed by atoms with Gasteiger partial charge in [-0.15, -0.1) is 0 Å². The van der Waals surface area contributed by atoms with Crippen LogP contribution in [0, 0.1) is 6.92 Å². The van der Waals surface area contributed by atoms with E-state index in [1.165, 1.54) is 10.6 Å². The van der Waals surface area contributed by atoms with Crippen molar-refractivity contribution in [3.05, 3.63) is 138 Å². The van der Waals surface area contributed by atoms with Crippen molar-refractivity contribution in [2.24, 2.45) is 5.10 Å². The van der Waals surface area contributed by atoms with Crippen molar-refractivity contribution in [2.75, 3.05) is 12.1 Å². The second kappa shape index (κ2) is 10.3. The van der Waals surface area contributed by atoms with Gasteiger partial charge in [0.1, 0.15) is 11.5 Å². The van der Waals surface area contributed by atoms with E-state index >= 15 is 0 Å². The molecule has 1 aliphatic heterocycles. The zero-order chi connectivity index (χ0) is 26.8. The zero-order valence-corrected chi connectivity index (χ0v) is 21.7. The number of aromatic nitrogens is 2. The first-order valence-corrected chi connectivity index (χ1v) is 12.7. The van der Waals surface area contributed by atoms with Gasteiger partial charge in [-0.1, -0.05) is 66.2 Å². The second-order valence-corrected chi connectivity index (χ2v) is 9.27. The van der Waals surface area contributed by atoms with Crippen LogP contribution < -0.4 is 9.75 Å². The molecule has 1 aromatic heterocycles. The Labute approximate surface area is 227 Å². The van der Waals surface area contributed by atoms with Crippen molar-refractivity contribution in [1.82, 2.24) is 9.78 Å². The van der Waals surface area contributed by atoms with Crippen molar-refractivity contribution in [1.29, 1.82) is 0 Å². The van der Waals surface area contributed by atoms with E-state index in [2.05, 4.69) is 31.2 Å². The highest BCUT2D eigenvalue weighted by atomic mass is 16.5. The minimum absolute atomic E-state index is 0.200. The van der Waals surface area contributed by atoms with E-state index in [9.17, 15) is 4.79 Å². The second-order valence-electron chi connectivity index (χ2n) is 9.27. The fourth-order valence-corrected chi connectivity index (χ4v) is 4.55. The normalized spacial score (nSPS) is 14.1. The molecule has 0 aliphatic carbocycles. The summed E-state index contributed by atoms with van der Waals surface area (Å²) in [7, 11) is 1.63. The Morgan fingerprint density at radius 2 is 1.36 bits per heavy atom. The van der Waals surface area contributed by atoms with Gasteiger partial charge in [-0.3, -0.25) is 4.79 Å². The van der Waals surface area contributed by atoms with Crippen LogP contribution in [0.15, 0.2) is 126 Å². The Hall–Kier alpha value is -5.23. The quantitative estimate of drug-likeness (QED) is 0.239. The van der Waals surface area contributed by atoms with Crippen LogP contribution in [0.3, 0.4) is 0 Å². The molecule has 0 bridgehead atoms. The van der Waals surface area contributed by atoms with Crippen LogP contribution in [0.5, 0.6) is 5.75 Å². The van der Waals surface area contributed by atoms with Gasteiger partial charge in [0.2, 0.25) is 0 Å². The molecule has 2 heterocycles. The Bertz CT molecular complexity index is 1680. The number of aryl methyl sites for hydroxylation is 1. The Morgan fingerprint density at radius 3 is 2.00 bits per heavy atom. The summed E-state index contributed by atoms with van der Waals surface area (Å²) in [5.74, 6) is 0.536. The highest BCUT2D eigenvalue weighted by Gasteiger charge is 2.32. The van der Waals surface area contributed by atoms with Crippen LogP contribution in [0.4, 0.5) is 5.69 Å². The number of para-hydroxylation sites is 2. The maximum absolute atomic E-state index is 13.9. The molecule has 1 amide bonds. The van der Waals surface area contributed by atoms with Crippen LogP contribution in [-0.2, 0) is 4.79 Å². The van der Waals surface area contributed by atoms with Gasteiger partial charge in [-0.25, -0.2) is 4.68 Å². The minimum Gasteiger partial charge on any atom is -0.497 e. The van der Waals surface area contributed by atoms with Gasteiger partial charge in [-0.05, 0) is 61.5 Å². The first-order chi connectivity index (χ1) is 19.1. The van der Waals surface area contributed by atoms with Gasteiger partial charge in [0, 0.05) is 22.9 Å². The van der Waals surface area contributed by atoms with E-state index in [1.807, 2.05) is 102 Å². The maximum atomic E-state index is 13.9. The molecular weight excluding hydrogens is 484 g/mol. The molecule has 6 rings (SSSR count). The topological polar surface area (TPSA) is 59.7 Å². The first kappa shape index (κ1) is 24.1. The van der Waals surface area contributed by atoms with Crippen LogP contribution in [0.1, 0.15) is 16.7 Å². The van der Waals surface area contributed by atoms with E-state index in [-0.39, 0.29) is 5.91 Å². The molecule has 0 N–H and O–H groups in total. The molecular formula is C33H26N4O2. The molecule has 0 radical (unpaired) electrons. The summed E-state index contributed by atoms with van der Waals surface area (Å²) in [5, 5.41) is 11.2. The summed E-state index contributed by atoms with van der Waals surface area (Å²) in [6.07, 6.45) is 3.86. The first-order valence-electron chi connectivity index (χ1n) is 12.7. The highest BCUT2D eigenvalue weighted by molar-refractivity contribution is 6.37. The van der Waals surface area contributed by atoms with E-state index in [1.54, 1.807) is 7.11 Å². The predicted molar refractivity (Wildman–Crippen MR) is 155 cm³/mol. The molecule has 0 unspecified atom stereocenters. The molecule has 6 nitrogen and oxygen atoms in total. The largest absolute Gasteiger partial charge is 0.497 e. The summed E-state index contributed by atoms with van der Waals surface area (Å²) in [4.78, 5) is 13.9. The molecule has 0 saturated heterocycles. The molecule has 0 fully saturated rings. The van der Waals surface area contributed by atoms with Gasteiger partial charge in [0.25, 0.3) is 5.91 Å². The Morgan fingerprint density at radius 1 is 0.744 bits per heavy atom. The molecule has 190 valence electrons. The van der Waals surface area contributed by atoms with Gasteiger partial charge in [0.15, 0.2) is 0 Å². The Balaban J connectivity index is 1.51. The molecule has 5 aromatic rings. The number of rotatable bonds is 6. The monoisotopic (exact) mass is 510 g/mol. The zero-order valence-electron chi connectivity index (χ0n) is 21.7. The van der Waals surface area contributed by atoms with Gasteiger partial charge >= 0.3 is 0 Å². The number of anilines is 1. The number of ether oxygens (including phenoxy) is 1. The van der Waals surface area contributed by atoms with Crippen LogP contribution in [0.2, 0.25) is 0 Å². The fourth-order valence-electron chi connectivity index (χ4n) is 4.55. The molecule has 0 saturated carbocycles. The number of hydrogen-bond donors (Lipinski definition) is 0. The van der Waals surface area contributed by atoms with Crippen molar-refractivity contribution in [2.45, 2.75) is 6.92 Å². The third-order valence-electron chi connectivity index (χ3n) is 6.63.